The van der Waals surface area contributed by atoms with Crippen LogP contribution in [0.2, 0.25) is 0 Å². The molecule has 0 saturated heterocycles. The van der Waals surface area contributed by atoms with Crippen LogP contribution in [0.5, 0.6) is 11.5 Å². The van der Waals surface area contributed by atoms with Gasteiger partial charge in [-0.15, -0.1) is 0 Å². The fraction of sp³-hybridized carbons (Fsp3) is 0.364. The van der Waals surface area contributed by atoms with E-state index in [1.54, 1.807) is 4.90 Å². The number of amides is 2. The van der Waals surface area contributed by atoms with Crippen molar-refractivity contribution in [2.24, 2.45) is 0 Å². The summed E-state index contributed by atoms with van der Waals surface area (Å²) in [7, 11) is 0. The number of likely N-dealkylation sites (N-methyl/N-ethyl adjacent to an activating group) is 1. The Morgan fingerprint density at radius 2 is 1.97 bits per heavy atom. The van der Waals surface area contributed by atoms with Crippen molar-refractivity contribution in [1.82, 2.24) is 19.8 Å². The summed E-state index contributed by atoms with van der Waals surface area (Å²) in [6, 6.07) is 15.5. The van der Waals surface area contributed by atoms with Gasteiger partial charge in [-0.1, -0.05) is 24.3 Å². The van der Waals surface area contributed by atoms with Gasteiger partial charge in [-0.05, 0) is 38.1 Å². The van der Waals surface area contributed by atoms with Gasteiger partial charge < -0.3 is 24.3 Å². The Morgan fingerprint density at radius 1 is 1.21 bits per heavy atom. The van der Waals surface area contributed by atoms with Crippen LogP contribution >= 0.6 is 0 Å². The zero-order valence-electron chi connectivity index (χ0n) is 16.8. The fourth-order valence-electron chi connectivity index (χ4n) is 3.62. The maximum Gasteiger partial charge on any atom is 0.317 e. The lowest BCUT2D eigenvalue weighted by atomic mass is 10.2. The predicted octanol–water partition coefficient (Wildman–Crippen LogP) is 3.22. The molecule has 0 fully saturated rings. The van der Waals surface area contributed by atoms with Crippen molar-refractivity contribution in [1.29, 1.82) is 0 Å². The van der Waals surface area contributed by atoms with Crippen molar-refractivity contribution in [2.75, 3.05) is 26.2 Å². The number of benzene rings is 2. The second-order valence-corrected chi connectivity index (χ2v) is 7.07. The molecule has 7 nitrogen and oxygen atoms in total. The van der Waals surface area contributed by atoms with E-state index in [1.807, 2.05) is 62.4 Å². The number of carbonyl (C=O) groups excluding carboxylic acids is 1. The summed E-state index contributed by atoms with van der Waals surface area (Å²) in [4.78, 5) is 19.0. The quantitative estimate of drug-likeness (QED) is 0.697. The molecular weight excluding hydrogens is 368 g/mol. The number of fused-ring (bicyclic) bond motifs is 2. The second-order valence-electron chi connectivity index (χ2n) is 7.07. The van der Waals surface area contributed by atoms with Crippen molar-refractivity contribution >= 4 is 17.1 Å². The first-order chi connectivity index (χ1) is 14.2. The average Bonchev–Trinajstić information content (AvgIpc) is 3.07. The van der Waals surface area contributed by atoms with Gasteiger partial charge in [-0.2, -0.15) is 0 Å². The summed E-state index contributed by atoms with van der Waals surface area (Å²) in [5.41, 5.74) is 2.05. The van der Waals surface area contributed by atoms with Gasteiger partial charge in [-0.3, -0.25) is 0 Å². The van der Waals surface area contributed by atoms with Crippen LogP contribution in [0, 0.1) is 6.92 Å². The molecule has 1 aliphatic rings. The van der Waals surface area contributed by atoms with Gasteiger partial charge >= 0.3 is 6.03 Å². The van der Waals surface area contributed by atoms with E-state index >= 15 is 0 Å². The van der Waals surface area contributed by atoms with Crippen molar-refractivity contribution in [2.45, 2.75) is 26.5 Å². The van der Waals surface area contributed by atoms with E-state index in [-0.39, 0.29) is 12.1 Å². The second kappa shape index (κ2) is 8.43. The number of para-hydroxylation sites is 4. The summed E-state index contributed by atoms with van der Waals surface area (Å²) < 4.78 is 13.9. The zero-order chi connectivity index (χ0) is 20.2. The minimum absolute atomic E-state index is 0.1000. The normalized spacial score (nSPS) is 15.3. The maximum atomic E-state index is 12.7. The molecule has 1 N–H and O–H groups in total. The molecule has 1 aromatic heterocycles. The number of urea groups is 1. The van der Waals surface area contributed by atoms with E-state index < -0.39 is 0 Å². The van der Waals surface area contributed by atoms with Crippen molar-refractivity contribution in [3.05, 3.63) is 54.4 Å². The number of aryl methyl sites for hydroxylation is 1. The molecular formula is C22H26N4O3. The van der Waals surface area contributed by atoms with Gasteiger partial charge in [0.2, 0.25) is 0 Å². The number of carbonyl (C=O) groups is 1. The number of imidazole rings is 1. The van der Waals surface area contributed by atoms with Crippen molar-refractivity contribution in [3.8, 4) is 11.5 Å². The Kier molecular flexibility index (Phi) is 5.55. The van der Waals surface area contributed by atoms with Crippen LogP contribution in [-0.4, -0.2) is 52.8 Å². The van der Waals surface area contributed by atoms with Crippen LogP contribution in [0.4, 0.5) is 4.79 Å². The molecule has 29 heavy (non-hydrogen) atoms. The van der Waals surface area contributed by atoms with Gasteiger partial charge in [0.25, 0.3) is 0 Å². The molecule has 3 aromatic rings. The molecule has 1 unspecified atom stereocenters. The van der Waals surface area contributed by atoms with E-state index in [9.17, 15) is 4.79 Å². The first-order valence-electron chi connectivity index (χ1n) is 9.99. The summed E-state index contributed by atoms with van der Waals surface area (Å²) in [5, 5.41) is 3.01. The molecule has 0 saturated carbocycles. The van der Waals surface area contributed by atoms with Crippen molar-refractivity contribution in [3.63, 3.8) is 0 Å². The SMILES string of the molecule is CCN(CC1COc2ccccc2O1)C(=O)NCCn1c(C)nc2ccccc21. The molecule has 2 amide bonds. The topological polar surface area (TPSA) is 68.6 Å². The Morgan fingerprint density at radius 3 is 2.79 bits per heavy atom. The minimum Gasteiger partial charge on any atom is -0.486 e. The van der Waals surface area contributed by atoms with Crippen LogP contribution < -0.4 is 14.8 Å². The lowest BCUT2D eigenvalue weighted by Crippen LogP contribution is -2.47. The molecule has 1 aliphatic heterocycles. The summed E-state index contributed by atoms with van der Waals surface area (Å²) in [6.07, 6.45) is -0.185. The molecule has 152 valence electrons. The Hall–Kier alpha value is -3.22. The van der Waals surface area contributed by atoms with Gasteiger partial charge in [0.15, 0.2) is 17.6 Å². The molecule has 0 radical (unpaired) electrons. The molecule has 2 heterocycles. The number of nitrogens with zero attached hydrogens (tertiary/aromatic N) is 3. The molecule has 0 spiro atoms. The smallest absolute Gasteiger partial charge is 0.317 e. The molecule has 0 aliphatic carbocycles. The van der Waals surface area contributed by atoms with E-state index in [1.165, 1.54) is 0 Å². The molecule has 4 rings (SSSR count). The van der Waals surface area contributed by atoms with E-state index in [0.29, 0.717) is 32.8 Å². The molecule has 2 aromatic carbocycles. The van der Waals surface area contributed by atoms with Crippen LogP contribution in [0.1, 0.15) is 12.7 Å². The number of aromatic nitrogens is 2. The van der Waals surface area contributed by atoms with Gasteiger partial charge in [0.05, 0.1) is 17.6 Å². The predicted molar refractivity (Wildman–Crippen MR) is 111 cm³/mol. The highest BCUT2D eigenvalue weighted by Crippen LogP contribution is 2.31. The van der Waals surface area contributed by atoms with Crippen LogP contribution in [0.15, 0.2) is 48.5 Å². The first kappa shape index (κ1) is 19.1. The number of hydrogen-bond acceptors (Lipinski definition) is 4. The van der Waals surface area contributed by atoms with E-state index in [0.717, 1.165) is 28.4 Å². The monoisotopic (exact) mass is 394 g/mol. The lowest BCUT2D eigenvalue weighted by Gasteiger charge is -2.31. The highest BCUT2D eigenvalue weighted by molar-refractivity contribution is 5.76. The highest BCUT2D eigenvalue weighted by atomic mass is 16.6. The Labute approximate surface area is 170 Å². The summed E-state index contributed by atoms with van der Waals surface area (Å²) in [6.45, 7) is 6.65. The highest BCUT2D eigenvalue weighted by Gasteiger charge is 2.24. The standard InChI is InChI=1S/C22H26N4O3/c1-3-25(14-17-15-28-20-10-6-7-11-21(20)29-17)22(27)23-12-13-26-16(2)24-18-8-4-5-9-19(18)26/h4-11,17H,3,12-15H2,1-2H3,(H,23,27). The Balaban J connectivity index is 1.32. The van der Waals surface area contributed by atoms with Crippen LogP contribution in [0.3, 0.4) is 0 Å². The van der Waals surface area contributed by atoms with Gasteiger partial charge in [0, 0.05) is 19.6 Å². The first-order valence-corrected chi connectivity index (χ1v) is 9.99. The number of hydrogen-bond donors (Lipinski definition) is 1. The van der Waals surface area contributed by atoms with Crippen LogP contribution in [0.25, 0.3) is 11.0 Å². The summed E-state index contributed by atoms with van der Waals surface area (Å²) in [5.74, 6) is 2.42. The lowest BCUT2D eigenvalue weighted by molar-refractivity contribution is 0.0675. The largest absolute Gasteiger partial charge is 0.486 e. The fourth-order valence-corrected chi connectivity index (χ4v) is 3.62. The van der Waals surface area contributed by atoms with Gasteiger partial charge in [0.1, 0.15) is 12.4 Å². The third-order valence-corrected chi connectivity index (χ3v) is 5.12. The third kappa shape index (κ3) is 4.13. The average molecular weight is 394 g/mol. The van der Waals surface area contributed by atoms with E-state index in [2.05, 4.69) is 14.9 Å². The van der Waals surface area contributed by atoms with E-state index in [4.69, 9.17) is 9.47 Å². The van der Waals surface area contributed by atoms with Gasteiger partial charge in [-0.25, -0.2) is 9.78 Å². The maximum absolute atomic E-state index is 12.7. The molecule has 1 atom stereocenters. The number of ether oxygens (including phenoxy) is 2. The summed E-state index contributed by atoms with van der Waals surface area (Å²) >= 11 is 0. The zero-order valence-corrected chi connectivity index (χ0v) is 16.8. The number of rotatable bonds is 6. The number of nitrogens with one attached hydrogen (secondary N) is 1. The third-order valence-electron chi connectivity index (χ3n) is 5.12. The van der Waals surface area contributed by atoms with Crippen molar-refractivity contribution < 1.29 is 14.3 Å². The Bertz CT molecular complexity index is 1000. The minimum atomic E-state index is -0.185. The molecule has 0 bridgehead atoms. The van der Waals surface area contributed by atoms with Crippen LogP contribution in [-0.2, 0) is 6.54 Å². The molecule has 7 heteroatoms.